The first-order valence-electron chi connectivity index (χ1n) is 7.98. The minimum atomic E-state index is -0.589. The van der Waals surface area contributed by atoms with Gasteiger partial charge in [0.1, 0.15) is 0 Å². The predicted molar refractivity (Wildman–Crippen MR) is 105 cm³/mol. The summed E-state index contributed by atoms with van der Waals surface area (Å²) in [6.07, 6.45) is 1.54. The number of hydrazone groups is 1. The normalized spacial score (nSPS) is 11.2. The molecule has 0 saturated heterocycles. The maximum atomic E-state index is 12.5. The number of aromatic nitrogens is 1. The molecule has 138 valence electrons. The number of aromatic hydroxyl groups is 3. The van der Waals surface area contributed by atoms with Crippen LogP contribution in [0.3, 0.4) is 0 Å². The van der Waals surface area contributed by atoms with Gasteiger partial charge in [0.15, 0.2) is 11.5 Å². The molecule has 0 bridgehead atoms. The predicted octanol–water partition coefficient (Wildman–Crippen LogP) is 3.38. The Balaban J connectivity index is 1.77. The van der Waals surface area contributed by atoms with Crippen molar-refractivity contribution in [1.29, 1.82) is 0 Å². The van der Waals surface area contributed by atoms with Crippen molar-refractivity contribution in [3.8, 4) is 17.2 Å². The molecule has 0 saturated carbocycles. The molecule has 0 aliphatic carbocycles. The fraction of sp³-hybridized carbons (Fsp3) is 0.105. The standard InChI is InChI=1S/C19H16BrN3O4/c1-10-8-14(13-9-12(20)3-4-15(13)22-10)19(27)23-21-7-6-11-2-5-16(24)18(26)17(11)25/h2-5,7-9,24-26H,6H2,1H3,(H,23,27)/b21-7+. The summed E-state index contributed by atoms with van der Waals surface area (Å²) in [6.45, 7) is 1.81. The molecule has 4 N–H and O–H groups in total. The van der Waals surface area contributed by atoms with Crippen molar-refractivity contribution in [3.63, 3.8) is 0 Å². The van der Waals surface area contributed by atoms with Gasteiger partial charge in [-0.1, -0.05) is 22.0 Å². The first kappa shape index (κ1) is 18.7. The molecule has 3 aromatic rings. The monoisotopic (exact) mass is 429 g/mol. The number of fused-ring (bicyclic) bond motifs is 1. The van der Waals surface area contributed by atoms with Crippen LogP contribution in [-0.2, 0) is 6.42 Å². The van der Waals surface area contributed by atoms with Crippen LogP contribution >= 0.6 is 15.9 Å². The van der Waals surface area contributed by atoms with E-state index in [9.17, 15) is 20.1 Å². The third kappa shape index (κ3) is 4.01. The average Bonchev–Trinajstić information content (AvgIpc) is 2.64. The van der Waals surface area contributed by atoms with Gasteiger partial charge in [-0.25, -0.2) is 5.43 Å². The fourth-order valence-electron chi connectivity index (χ4n) is 2.60. The van der Waals surface area contributed by atoms with Gasteiger partial charge in [0.2, 0.25) is 5.75 Å². The molecular weight excluding hydrogens is 414 g/mol. The Kier molecular flexibility index (Phi) is 5.27. The molecule has 0 spiro atoms. The highest BCUT2D eigenvalue weighted by molar-refractivity contribution is 9.10. The summed E-state index contributed by atoms with van der Waals surface area (Å²) in [4.78, 5) is 16.9. The fourth-order valence-corrected chi connectivity index (χ4v) is 2.96. The zero-order valence-electron chi connectivity index (χ0n) is 14.3. The zero-order valence-corrected chi connectivity index (χ0v) is 15.9. The van der Waals surface area contributed by atoms with E-state index in [1.165, 1.54) is 18.3 Å². The van der Waals surface area contributed by atoms with Gasteiger partial charge >= 0.3 is 0 Å². The third-order valence-corrected chi connectivity index (χ3v) is 4.42. The van der Waals surface area contributed by atoms with Gasteiger partial charge in [-0.3, -0.25) is 9.78 Å². The van der Waals surface area contributed by atoms with Gasteiger partial charge in [-0.2, -0.15) is 5.10 Å². The van der Waals surface area contributed by atoms with E-state index in [1.54, 1.807) is 6.07 Å². The molecule has 0 fully saturated rings. The van der Waals surface area contributed by atoms with Crippen LogP contribution < -0.4 is 5.43 Å². The van der Waals surface area contributed by atoms with E-state index in [2.05, 4.69) is 31.4 Å². The second-order valence-electron chi connectivity index (χ2n) is 5.87. The average molecular weight is 430 g/mol. The van der Waals surface area contributed by atoms with Crippen LogP contribution in [0.1, 0.15) is 21.6 Å². The van der Waals surface area contributed by atoms with Gasteiger partial charge in [0, 0.05) is 33.8 Å². The number of hydrogen-bond donors (Lipinski definition) is 4. The molecular formula is C19H16BrN3O4. The van der Waals surface area contributed by atoms with Crippen LogP contribution in [0.4, 0.5) is 0 Å². The molecule has 0 aliphatic heterocycles. The van der Waals surface area contributed by atoms with Gasteiger partial charge in [-0.05, 0) is 37.3 Å². The lowest BCUT2D eigenvalue weighted by molar-refractivity contribution is 0.0956. The van der Waals surface area contributed by atoms with Crippen molar-refractivity contribution >= 4 is 39.0 Å². The lowest BCUT2D eigenvalue weighted by Gasteiger charge is -2.07. The molecule has 3 rings (SSSR count). The number of aryl methyl sites for hydroxylation is 1. The Morgan fingerprint density at radius 3 is 2.74 bits per heavy atom. The second kappa shape index (κ2) is 7.63. The number of benzene rings is 2. The van der Waals surface area contributed by atoms with E-state index < -0.39 is 23.2 Å². The van der Waals surface area contributed by atoms with Crippen LogP contribution in [0.15, 0.2) is 46.0 Å². The second-order valence-corrected chi connectivity index (χ2v) is 6.79. The Hall–Kier alpha value is -3.13. The van der Waals surface area contributed by atoms with Crippen molar-refractivity contribution in [2.24, 2.45) is 5.10 Å². The Labute approximate surface area is 163 Å². The van der Waals surface area contributed by atoms with Crippen LogP contribution in [0.5, 0.6) is 17.2 Å². The topological polar surface area (TPSA) is 115 Å². The molecule has 27 heavy (non-hydrogen) atoms. The minimum Gasteiger partial charge on any atom is -0.504 e. The SMILES string of the molecule is Cc1cc(C(=O)N/N=C/Cc2ccc(O)c(O)c2O)c2cc(Br)ccc2n1. The quantitative estimate of drug-likeness (QED) is 0.288. The Morgan fingerprint density at radius 1 is 1.19 bits per heavy atom. The number of rotatable bonds is 4. The summed E-state index contributed by atoms with van der Waals surface area (Å²) in [5.41, 5.74) is 4.67. The summed E-state index contributed by atoms with van der Waals surface area (Å²) in [7, 11) is 0. The van der Waals surface area contributed by atoms with Crippen molar-refractivity contribution in [2.75, 3.05) is 0 Å². The summed E-state index contributed by atoms with van der Waals surface area (Å²) < 4.78 is 0.834. The Morgan fingerprint density at radius 2 is 1.96 bits per heavy atom. The molecule has 8 heteroatoms. The molecule has 0 unspecified atom stereocenters. The number of hydrogen-bond acceptors (Lipinski definition) is 6. The number of carbonyl (C=O) groups excluding carboxylic acids is 1. The van der Waals surface area contributed by atoms with Gasteiger partial charge in [0.05, 0.1) is 11.1 Å². The van der Waals surface area contributed by atoms with Crippen LogP contribution in [-0.4, -0.2) is 32.4 Å². The first-order chi connectivity index (χ1) is 12.9. The van der Waals surface area contributed by atoms with Gasteiger partial charge in [0.25, 0.3) is 5.91 Å². The van der Waals surface area contributed by atoms with E-state index in [4.69, 9.17) is 0 Å². The molecule has 0 atom stereocenters. The third-order valence-electron chi connectivity index (χ3n) is 3.93. The van der Waals surface area contributed by atoms with Crippen LogP contribution in [0, 0.1) is 6.92 Å². The molecule has 1 amide bonds. The molecule has 1 heterocycles. The highest BCUT2D eigenvalue weighted by atomic mass is 79.9. The van der Waals surface area contributed by atoms with Crippen molar-refractivity contribution in [2.45, 2.75) is 13.3 Å². The summed E-state index contributed by atoms with van der Waals surface area (Å²) in [5, 5.41) is 33.2. The van der Waals surface area contributed by atoms with Crippen LogP contribution in [0.2, 0.25) is 0 Å². The summed E-state index contributed by atoms with van der Waals surface area (Å²) in [6, 6.07) is 9.90. The maximum absolute atomic E-state index is 12.5. The van der Waals surface area contributed by atoms with Crippen molar-refractivity contribution < 1.29 is 20.1 Å². The number of carbonyl (C=O) groups is 1. The largest absolute Gasteiger partial charge is 0.504 e. The maximum Gasteiger partial charge on any atom is 0.272 e. The highest BCUT2D eigenvalue weighted by Crippen LogP contribution is 2.36. The van der Waals surface area contributed by atoms with E-state index >= 15 is 0 Å². The van der Waals surface area contributed by atoms with Gasteiger partial charge < -0.3 is 15.3 Å². The van der Waals surface area contributed by atoms with Crippen molar-refractivity contribution in [1.82, 2.24) is 10.4 Å². The number of nitrogens with zero attached hydrogens (tertiary/aromatic N) is 2. The molecule has 1 aromatic heterocycles. The lowest BCUT2D eigenvalue weighted by atomic mass is 10.1. The van der Waals surface area contributed by atoms with E-state index in [0.29, 0.717) is 27.7 Å². The number of halogens is 1. The first-order valence-corrected chi connectivity index (χ1v) is 8.77. The molecule has 7 nitrogen and oxygen atoms in total. The van der Waals surface area contributed by atoms with E-state index in [-0.39, 0.29) is 6.42 Å². The van der Waals surface area contributed by atoms with E-state index in [1.807, 2.05) is 25.1 Å². The number of nitrogens with one attached hydrogen (secondary N) is 1. The van der Waals surface area contributed by atoms with Gasteiger partial charge in [-0.15, -0.1) is 0 Å². The lowest BCUT2D eigenvalue weighted by Crippen LogP contribution is -2.18. The summed E-state index contributed by atoms with van der Waals surface area (Å²) >= 11 is 3.39. The highest BCUT2D eigenvalue weighted by Gasteiger charge is 2.12. The number of pyridine rings is 1. The molecule has 2 aromatic carbocycles. The van der Waals surface area contributed by atoms with E-state index in [0.717, 1.165) is 4.47 Å². The number of amides is 1. The molecule has 0 radical (unpaired) electrons. The minimum absolute atomic E-state index is 0.154. The Bertz CT molecular complexity index is 1070. The summed E-state index contributed by atoms with van der Waals surface area (Å²) in [5.74, 6) is -1.81. The number of phenols is 3. The number of phenolic OH excluding ortho intramolecular Hbond substituents is 3. The van der Waals surface area contributed by atoms with Crippen LogP contribution in [0.25, 0.3) is 10.9 Å². The zero-order chi connectivity index (χ0) is 19.6. The smallest absolute Gasteiger partial charge is 0.272 e. The molecule has 0 aliphatic rings. The van der Waals surface area contributed by atoms with Crippen molar-refractivity contribution in [3.05, 3.63) is 57.7 Å².